The van der Waals surface area contributed by atoms with Crippen LogP contribution in [0.25, 0.3) is 0 Å². The van der Waals surface area contributed by atoms with Crippen LogP contribution in [-0.4, -0.2) is 47.4 Å². The summed E-state index contributed by atoms with van der Waals surface area (Å²) >= 11 is 0. The van der Waals surface area contributed by atoms with Crippen LogP contribution in [0, 0.1) is 0 Å². The number of hydrogen-bond donors (Lipinski definition) is 3. The van der Waals surface area contributed by atoms with Crippen LogP contribution in [0.2, 0.25) is 0 Å². The highest BCUT2D eigenvalue weighted by Gasteiger charge is 2.18. The molecule has 0 bridgehead atoms. The molecule has 352 valence electrons. The van der Waals surface area contributed by atoms with Crippen LogP contribution in [0.15, 0.2) is 36.5 Å². The van der Waals surface area contributed by atoms with E-state index in [-0.39, 0.29) is 18.5 Å². The van der Waals surface area contributed by atoms with Gasteiger partial charge in [-0.2, -0.15) is 0 Å². The zero-order valence-electron chi connectivity index (χ0n) is 39.9. The number of allylic oxidation sites excluding steroid dienone is 5. The highest BCUT2D eigenvalue weighted by Crippen LogP contribution is 2.15. The van der Waals surface area contributed by atoms with Gasteiger partial charge in [-0.3, -0.25) is 9.59 Å². The van der Waals surface area contributed by atoms with Crippen molar-refractivity contribution < 1.29 is 24.5 Å². The molecule has 0 saturated heterocycles. The average Bonchev–Trinajstić information content (AvgIpc) is 3.25. The van der Waals surface area contributed by atoms with E-state index in [1.165, 1.54) is 167 Å². The van der Waals surface area contributed by atoms with Crippen LogP contribution in [-0.2, 0) is 14.3 Å². The smallest absolute Gasteiger partial charge is 0.305 e. The minimum Gasteiger partial charge on any atom is -0.466 e. The molecule has 60 heavy (non-hydrogen) atoms. The Morgan fingerprint density at radius 2 is 0.817 bits per heavy atom. The topological polar surface area (TPSA) is 95.9 Å². The van der Waals surface area contributed by atoms with E-state index in [9.17, 15) is 19.8 Å². The number of hydrogen-bond acceptors (Lipinski definition) is 5. The van der Waals surface area contributed by atoms with E-state index in [1.807, 2.05) is 6.08 Å². The second-order valence-electron chi connectivity index (χ2n) is 17.9. The number of carbonyl (C=O) groups is 2. The number of carbonyl (C=O) groups excluding carboxylic acids is 2. The van der Waals surface area contributed by atoms with Gasteiger partial charge in [0.25, 0.3) is 0 Å². The number of ether oxygens (including phenoxy) is 1. The third kappa shape index (κ3) is 45.6. The highest BCUT2D eigenvalue weighted by atomic mass is 16.5. The summed E-state index contributed by atoms with van der Waals surface area (Å²) in [7, 11) is 0. The minimum absolute atomic E-state index is 0.0133. The van der Waals surface area contributed by atoms with E-state index in [0.717, 1.165) is 77.0 Å². The number of nitrogens with one attached hydrogen (secondary N) is 1. The maximum atomic E-state index is 12.4. The van der Waals surface area contributed by atoms with Crippen molar-refractivity contribution in [3.8, 4) is 0 Å². The molecule has 0 rings (SSSR count). The first kappa shape index (κ1) is 58.1. The van der Waals surface area contributed by atoms with Crippen molar-refractivity contribution in [2.75, 3.05) is 13.2 Å². The molecule has 6 heteroatoms. The SMILES string of the molecule is CCCCCCCCCCC/C=C/C(O)C(CO)NC(=O)CCCCCCCCCCCC/C=C\C=C/CCCCCOC(=O)CCCCCCCCCCCCCCC. The maximum Gasteiger partial charge on any atom is 0.305 e. The number of aliphatic hydroxyl groups excluding tert-OH is 2. The lowest BCUT2D eigenvalue weighted by molar-refractivity contribution is -0.143. The van der Waals surface area contributed by atoms with Gasteiger partial charge in [-0.15, -0.1) is 0 Å². The summed E-state index contributed by atoms with van der Waals surface area (Å²) in [5.74, 6) is -0.0930. The number of amides is 1. The molecular formula is C54H101NO5. The van der Waals surface area contributed by atoms with Gasteiger partial charge in [-0.25, -0.2) is 0 Å². The van der Waals surface area contributed by atoms with Gasteiger partial charge < -0.3 is 20.3 Å². The Labute approximate surface area is 373 Å². The van der Waals surface area contributed by atoms with Crippen molar-refractivity contribution in [2.45, 2.75) is 283 Å². The lowest BCUT2D eigenvalue weighted by Gasteiger charge is -2.20. The van der Waals surface area contributed by atoms with Crippen LogP contribution >= 0.6 is 0 Å². The van der Waals surface area contributed by atoms with Crippen LogP contribution in [0.4, 0.5) is 0 Å². The molecule has 0 aromatic rings. The van der Waals surface area contributed by atoms with Crippen molar-refractivity contribution >= 4 is 11.9 Å². The largest absolute Gasteiger partial charge is 0.466 e. The number of aliphatic hydroxyl groups is 2. The first-order valence-electron chi connectivity index (χ1n) is 26.3. The van der Waals surface area contributed by atoms with Gasteiger partial charge in [-0.05, 0) is 64.2 Å². The quantitative estimate of drug-likeness (QED) is 0.0245. The second-order valence-corrected chi connectivity index (χ2v) is 17.9. The molecule has 0 fully saturated rings. The Bertz CT molecular complexity index is 977. The molecule has 3 N–H and O–H groups in total. The number of unbranched alkanes of at least 4 members (excludes halogenated alkanes) is 34. The lowest BCUT2D eigenvalue weighted by Crippen LogP contribution is -2.45. The molecule has 0 heterocycles. The summed E-state index contributed by atoms with van der Waals surface area (Å²) in [6, 6.07) is -0.634. The van der Waals surface area contributed by atoms with Crippen molar-refractivity contribution in [2.24, 2.45) is 0 Å². The van der Waals surface area contributed by atoms with Crippen LogP contribution in [0.5, 0.6) is 0 Å². The zero-order chi connectivity index (χ0) is 43.7. The van der Waals surface area contributed by atoms with Crippen LogP contribution in [0.3, 0.4) is 0 Å². The first-order valence-corrected chi connectivity index (χ1v) is 26.3. The molecule has 0 aliphatic carbocycles. The fourth-order valence-corrected chi connectivity index (χ4v) is 7.86. The molecule has 6 nitrogen and oxygen atoms in total. The molecule has 0 spiro atoms. The summed E-state index contributed by atoms with van der Waals surface area (Å²) < 4.78 is 5.44. The predicted molar refractivity (Wildman–Crippen MR) is 259 cm³/mol. The van der Waals surface area contributed by atoms with Crippen molar-refractivity contribution in [3.05, 3.63) is 36.5 Å². The second kappa shape index (κ2) is 49.7. The minimum atomic E-state index is -0.849. The summed E-state index contributed by atoms with van der Waals surface area (Å²) in [6.45, 7) is 4.84. The fraction of sp³-hybridized carbons (Fsp3) is 0.852. The summed E-state index contributed by atoms with van der Waals surface area (Å²) in [6.07, 6.45) is 60.1. The lowest BCUT2D eigenvalue weighted by atomic mass is 10.0. The normalized spacial score (nSPS) is 12.9. The van der Waals surface area contributed by atoms with Crippen LogP contribution < -0.4 is 5.32 Å². The van der Waals surface area contributed by atoms with Gasteiger partial charge in [0.15, 0.2) is 0 Å². The van der Waals surface area contributed by atoms with Gasteiger partial charge in [0, 0.05) is 12.8 Å². The summed E-state index contributed by atoms with van der Waals surface area (Å²) in [4.78, 5) is 24.4. The third-order valence-electron chi connectivity index (χ3n) is 11.9. The summed E-state index contributed by atoms with van der Waals surface area (Å²) in [5.41, 5.74) is 0. The highest BCUT2D eigenvalue weighted by molar-refractivity contribution is 5.76. The molecule has 0 aliphatic heterocycles. The third-order valence-corrected chi connectivity index (χ3v) is 11.9. The monoisotopic (exact) mass is 844 g/mol. The Morgan fingerprint density at radius 1 is 0.467 bits per heavy atom. The van der Waals surface area contributed by atoms with E-state index in [1.54, 1.807) is 6.08 Å². The Hall–Kier alpha value is -1.92. The molecule has 0 aliphatic rings. The Kier molecular flexibility index (Phi) is 48.1. The number of esters is 1. The van der Waals surface area contributed by atoms with Crippen molar-refractivity contribution in [3.63, 3.8) is 0 Å². The van der Waals surface area contributed by atoms with Crippen LogP contribution in [0.1, 0.15) is 271 Å². The van der Waals surface area contributed by atoms with E-state index in [4.69, 9.17) is 4.74 Å². The molecule has 0 saturated carbocycles. The number of rotatable bonds is 48. The molecule has 1 amide bonds. The molecule has 2 atom stereocenters. The zero-order valence-corrected chi connectivity index (χ0v) is 39.9. The molecule has 2 unspecified atom stereocenters. The van der Waals surface area contributed by atoms with Gasteiger partial charge in [0.1, 0.15) is 0 Å². The van der Waals surface area contributed by atoms with Gasteiger partial charge >= 0.3 is 5.97 Å². The van der Waals surface area contributed by atoms with Gasteiger partial charge in [-0.1, -0.05) is 230 Å². The molecule has 0 aromatic heterocycles. The van der Waals surface area contributed by atoms with E-state index >= 15 is 0 Å². The van der Waals surface area contributed by atoms with E-state index in [0.29, 0.717) is 19.4 Å². The molecule has 0 radical (unpaired) electrons. The molecular weight excluding hydrogens is 743 g/mol. The Balaban J connectivity index is 3.49. The maximum absolute atomic E-state index is 12.4. The predicted octanol–water partition coefficient (Wildman–Crippen LogP) is 15.7. The van der Waals surface area contributed by atoms with Gasteiger partial charge in [0.2, 0.25) is 5.91 Å². The average molecular weight is 844 g/mol. The first-order chi connectivity index (χ1) is 29.5. The van der Waals surface area contributed by atoms with Crippen molar-refractivity contribution in [1.82, 2.24) is 5.32 Å². The van der Waals surface area contributed by atoms with E-state index in [2.05, 4.69) is 43.5 Å². The van der Waals surface area contributed by atoms with E-state index < -0.39 is 12.1 Å². The summed E-state index contributed by atoms with van der Waals surface area (Å²) in [5, 5.41) is 23.0. The standard InChI is InChI=1S/C54H101NO5/c1-3-5-7-9-11-13-15-23-28-32-36-40-44-48-54(59)60-49-45-41-37-33-29-25-22-20-18-16-17-19-21-24-27-31-35-39-43-47-53(58)55-51(50-56)52(57)46-42-38-34-30-26-14-12-10-8-6-4-2/h20,22,25,29,42,46,51-52,56-57H,3-19,21,23-24,26-28,30-41,43-45,47-50H2,1-2H3,(H,55,58)/b22-20-,29-25-,46-42+. The fourth-order valence-electron chi connectivity index (χ4n) is 7.86. The Morgan fingerprint density at radius 3 is 1.23 bits per heavy atom. The molecule has 0 aromatic carbocycles. The van der Waals surface area contributed by atoms with Gasteiger partial charge in [0.05, 0.1) is 25.4 Å². The van der Waals surface area contributed by atoms with Crippen molar-refractivity contribution in [1.29, 1.82) is 0 Å².